The van der Waals surface area contributed by atoms with Gasteiger partial charge in [0, 0.05) is 38.5 Å². The van der Waals surface area contributed by atoms with E-state index in [4.69, 9.17) is 4.74 Å². The molecule has 1 aromatic rings. The van der Waals surface area contributed by atoms with Gasteiger partial charge in [-0.2, -0.15) is 13.2 Å². The van der Waals surface area contributed by atoms with Crippen LogP contribution in [0.3, 0.4) is 0 Å². The molecule has 2 amide bonds. The molecule has 154 valence electrons. The molecule has 9 heteroatoms. The normalized spacial score (nSPS) is 21.6. The number of amides is 2. The second kappa shape index (κ2) is 8.91. The molecule has 0 spiro atoms. The highest BCUT2D eigenvalue weighted by atomic mass is 19.4. The largest absolute Gasteiger partial charge is 0.416 e. The summed E-state index contributed by atoms with van der Waals surface area (Å²) in [6, 6.07) is 4.05. The maximum atomic E-state index is 13.1. The van der Waals surface area contributed by atoms with Crippen molar-refractivity contribution in [3.8, 4) is 0 Å². The number of alkyl halides is 3. The number of rotatable bonds is 6. The first-order valence-electron chi connectivity index (χ1n) is 9.38. The Labute approximate surface area is 161 Å². The summed E-state index contributed by atoms with van der Waals surface area (Å²) in [7, 11) is 0. The molecule has 0 radical (unpaired) electrons. The molecular formula is C19H24F3N3O3. The monoisotopic (exact) mass is 399 g/mol. The van der Waals surface area contributed by atoms with E-state index < -0.39 is 17.8 Å². The lowest BCUT2D eigenvalue weighted by molar-refractivity contribution is -0.137. The summed E-state index contributed by atoms with van der Waals surface area (Å²) in [6.45, 7) is 2.34. The van der Waals surface area contributed by atoms with Crippen molar-refractivity contribution in [1.82, 2.24) is 15.5 Å². The van der Waals surface area contributed by atoms with Crippen LogP contribution in [0.5, 0.6) is 0 Å². The standard InChI is InChI=1S/C19H24F3N3O3/c20-19(21,22)14-4-1-3-13(9-14)16(11-25-7-2-5-18(25)27)24-17(26)10-15-12-28-8-6-23-15/h1,3-4,9,15-16,23H,2,5-8,10-12H2,(H,24,26). The zero-order valence-corrected chi connectivity index (χ0v) is 15.4. The number of morpholine rings is 1. The van der Waals surface area contributed by atoms with Crippen molar-refractivity contribution >= 4 is 11.8 Å². The molecule has 0 saturated carbocycles. The highest BCUT2D eigenvalue weighted by molar-refractivity contribution is 5.79. The number of hydrogen-bond donors (Lipinski definition) is 2. The molecule has 2 saturated heterocycles. The van der Waals surface area contributed by atoms with Crippen LogP contribution in [0, 0.1) is 0 Å². The van der Waals surface area contributed by atoms with Crippen LogP contribution in [-0.4, -0.2) is 55.6 Å². The number of ether oxygens (including phenoxy) is 1. The van der Waals surface area contributed by atoms with Crippen LogP contribution in [0.15, 0.2) is 24.3 Å². The van der Waals surface area contributed by atoms with E-state index in [2.05, 4.69) is 10.6 Å². The van der Waals surface area contributed by atoms with Crippen molar-refractivity contribution in [2.75, 3.05) is 32.8 Å². The van der Waals surface area contributed by atoms with Gasteiger partial charge < -0.3 is 20.3 Å². The average Bonchev–Trinajstić information content (AvgIpc) is 3.06. The summed E-state index contributed by atoms with van der Waals surface area (Å²) in [6.07, 6.45) is -3.18. The Morgan fingerprint density at radius 1 is 1.39 bits per heavy atom. The molecule has 2 unspecified atom stereocenters. The molecular weight excluding hydrogens is 375 g/mol. The molecule has 2 N–H and O–H groups in total. The molecule has 2 heterocycles. The summed E-state index contributed by atoms with van der Waals surface area (Å²) < 4.78 is 44.6. The van der Waals surface area contributed by atoms with Gasteiger partial charge in [0.15, 0.2) is 0 Å². The SMILES string of the molecule is O=C(CC1COCCN1)NC(CN1CCCC1=O)c1cccc(C(F)(F)F)c1. The summed E-state index contributed by atoms with van der Waals surface area (Å²) in [5.41, 5.74) is -0.449. The lowest BCUT2D eigenvalue weighted by Crippen LogP contribution is -2.45. The van der Waals surface area contributed by atoms with E-state index in [9.17, 15) is 22.8 Å². The topological polar surface area (TPSA) is 70.7 Å². The third kappa shape index (κ3) is 5.45. The van der Waals surface area contributed by atoms with Gasteiger partial charge in [-0.05, 0) is 24.1 Å². The van der Waals surface area contributed by atoms with Crippen LogP contribution in [-0.2, 0) is 20.5 Å². The van der Waals surface area contributed by atoms with Gasteiger partial charge in [0.2, 0.25) is 11.8 Å². The van der Waals surface area contributed by atoms with E-state index in [0.29, 0.717) is 44.7 Å². The number of hydrogen-bond acceptors (Lipinski definition) is 4. The molecule has 3 rings (SSSR count). The maximum Gasteiger partial charge on any atom is 0.416 e. The van der Waals surface area contributed by atoms with E-state index in [1.807, 2.05) is 0 Å². The Bertz CT molecular complexity index is 705. The van der Waals surface area contributed by atoms with Crippen LogP contribution in [0.4, 0.5) is 13.2 Å². The van der Waals surface area contributed by atoms with Crippen molar-refractivity contribution in [2.45, 2.75) is 37.5 Å². The van der Waals surface area contributed by atoms with E-state index in [-0.39, 0.29) is 30.8 Å². The molecule has 0 aliphatic carbocycles. The fourth-order valence-electron chi connectivity index (χ4n) is 3.51. The molecule has 2 atom stereocenters. The van der Waals surface area contributed by atoms with Crippen molar-refractivity contribution < 1.29 is 27.5 Å². The first kappa shape index (κ1) is 20.6. The molecule has 28 heavy (non-hydrogen) atoms. The number of benzene rings is 1. The fraction of sp³-hybridized carbons (Fsp3) is 0.579. The summed E-state index contributed by atoms with van der Waals surface area (Å²) in [5, 5.41) is 5.98. The van der Waals surface area contributed by atoms with E-state index >= 15 is 0 Å². The van der Waals surface area contributed by atoms with Gasteiger partial charge in [0.25, 0.3) is 0 Å². The van der Waals surface area contributed by atoms with Gasteiger partial charge in [0.05, 0.1) is 24.8 Å². The summed E-state index contributed by atoms with van der Waals surface area (Å²) >= 11 is 0. The smallest absolute Gasteiger partial charge is 0.378 e. The number of carbonyl (C=O) groups excluding carboxylic acids is 2. The summed E-state index contributed by atoms with van der Waals surface area (Å²) in [5.74, 6) is -0.342. The second-order valence-corrected chi connectivity index (χ2v) is 7.12. The lowest BCUT2D eigenvalue weighted by atomic mass is 10.0. The molecule has 6 nitrogen and oxygen atoms in total. The predicted molar refractivity (Wildman–Crippen MR) is 95.4 cm³/mol. The first-order chi connectivity index (χ1) is 13.3. The van der Waals surface area contributed by atoms with Crippen LogP contribution in [0.2, 0.25) is 0 Å². The number of carbonyl (C=O) groups is 2. The first-order valence-corrected chi connectivity index (χ1v) is 9.38. The molecule has 2 aliphatic rings. The second-order valence-electron chi connectivity index (χ2n) is 7.12. The predicted octanol–water partition coefficient (Wildman–Crippen LogP) is 1.86. The molecule has 2 aliphatic heterocycles. The molecule has 1 aromatic carbocycles. The third-order valence-corrected chi connectivity index (χ3v) is 4.96. The van der Waals surface area contributed by atoms with Crippen LogP contribution in [0.25, 0.3) is 0 Å². The maximum absolute atomic E-state index is 13.1. The third-order valence-electron chi connectivity index (χ3n) is 4.96. The Morgan fingerprint density at radius 2 is 2.21 bits per heavy atom. The average molecular weight is 399 g/mol. The Balaban J connectivity index is 1.74. The van der Waals surface area contributed by atoms with Gasteiger partial charge in [-0.25, -0.2) is 0 Å². The van der Waals surface area contributed by atoms with Crippen LogP contribution >= 0.6 is 0 Å². The van der Waals surface area contributed by atoms with Crippen molar-refractivity contribution in [3.63, 3.8) is 0 Å². The zero-order valence-electron chi connectivity index (χ0n) is 15.4. The molecule has 0 bridgehead atoms. The van der Waals surface area contributed by atoms with E-state index in [1.165, 1.54) is 6.07 Å². The van der Waals surface area contributed by atoms with Crippen molar-refractivity contribution in [1.29, 1.82) is 0 Å². The summed E-state index contributed by atoms with van der Waals surface area (Å²) in [4.78, 5) is 26.1. The molecule has 0 aromatic heterocycles. The lowest BCUT2D eigenvalue weighted by Gasteiger charge is -2.28. The number of halogens is 3. The highest BCUT2D eigenvalue weighted by Gasteiger charge is 2.32. The Kier molecular flexibility index (Phi) is 6.56. The zero-order chi connectivity index (χ0) is 20.1. The quantitative estimate of drug-likeness (QED) is 0.766. The highest BCUT2D eigenvalue weighted by Crippen LogP contribution is 2.31. The van der Waals surface area contributed by atoms with Gasteiger partial charge in [-0.15, -0.1) is 0 Å². The van der Waals surface area contributed by atoms with Gasteiger partial charge in [-0.3, -0.25) is 9.59 Å². The minimum Gasteiger partial charge on any atom is -0.378 e. The van der Waals surface area contributed by atoms with Crippen molar-refractivity contribution in [3.05, 3.63) is 35.4 Å². The minimum absolute atomic E-state index is 0.0476. The Morgan fingerprint density at radius 3 is 2.86 bits per heavy atom. The Hall–Kier alpha value is -2.13. The number of nitrogens with zero attached hydrogens (tertiary/aromatic N) is 1. The van der Waals surface area contributed by atoms with E-state index in [0.717, 1.165) is 12.1 Å². The molecule has 2 fully saturated rings. The number of nitrogens with one attached hydrogen (secondary N) is 2. The van der Waals surface area contributed by atoms with Gasteiger partial charge in [-0.1, -0.05) is 12.1 Å². The van der Waals surface area contributed by atoms with Gasteiger partial charge >= 0.3 is 6.18 Å². The van der Waals surface area contributed by atoms with Gasteiger partial charge in [0.1, 0.15) is 0 Å². The van der Waals surface area contributed by atoms with Crippen molar-refractivity contribution in [2.24, 2.45) is 0 Å². The van der Waals surface area contributed by atoms with Crippen LogP contribution in [0.1, 0.15) is 36.4 Å². The number of likely N-dealkylation sites (tertiary alicyclic amines) is 1. The fourth-order valence-corrected chi connectivity index (χ4v) is 3.51. The minimum atomic E-state index is -4.47. The van der Waals surface area contributed by atoms with Crippen LogP contribution < -0.4 is 10.6 Å². The van der Waals surface area contributed by atoms with E-state index in [1.54, 1.807) is 11.0 Å².